The second-order valence-corrected chi connectivity index (χ2v) is 3.47. The van der Waals surface area contributed by atoms with E-state index >= 15 is 0 Å². The van der Waals surface area contributed by atoms with Crippen molar-refractivity contribution in [1.82, 2.24) is 0 Å². The largest absolute Gasteiger partial charge is 0.756 e. The van der Waals surface area contributed by atoms with Crippen LogP contribution < -0.4 is 4.89 Å². The summed E-state index contributed by atoms with van der Waals surface area (Å²) in [5.74, 6) is 0. The molecule has 8 heteroatoms. The van der Waals surface area contributed by atoms with Crippen LogP contribution in [0.3, 0.4) is 0 Å². The van der Waals surface area contributed by atoms with Gasteiger partial charge >= 0.3 is 6.18 Å². The van der Waals surface area contributed by atoms with Crippen molar-refractivity contribution < 1.29 is 31.7 Å². The quantitative estimate of drug-likeness (QED) is 0.659. The summed E-state index contributed by atoms with van der Waals surface area (Å²) in [6, 6.07) is 0. The number of phosphoric acid groups is 1. The van der Waals surface area contributed by atoms with Crippen LogP contribution in [0.5, 0.6) is 0 Å². The molecule has 0 heterocycles. The zero-order chi connectivity index (χ0) is 10.5. The zero-order valence-corrected chi connectivity index (χ0v) is 7.73. The number of hydrogen-bond donors (Lipinski definition) is 0. The van der Waals surface area contributed by atoms with Crippen molar-refractivity contribution in [3.63, 3.8) is 0 Å². The Labute approximate surface area is 73.3 Å². The summed E-state index contributed by atoms with van der Waals surface area (Å²) >= 11 is 0. The molecule has 0 fully saturated rings. The van der Waals surface area contributed by atoms with E-state index in [-0.39, 0.29) is 6.61 Å². The molecule has 0 radical (unpaired) electrons. The Bertz CT molecular complexity index is 193. The van der Waals surface area contributed by atoms with E-state index in [9.17, 15) is 22.6 Å². The summed E-state index contributed by atoms with van der Waals surface area (Å²) in [6.07, 6.45) is -5.74. The van der Waals surface area contributed by atoms with Gasteiger partial charge < -0.3 is 13.9 Å². The van der Waals surface area contributed by atoms with Crippen molar-refractivity contribution in [1.29, 1.82) is 0 Å². The van der Waals surface area contributed by atoms with Crippen LogP contribution in [0.4, 0.5) is 13.2 Å². The van der Waals surface area contributed by atoms with Gasteiger partial charge in [0.1, 0.15) is 0 Å². The number of phosphoric ester groups is 1. The molecule has 0 aliphatic rings. The van der Waals surface area contributed by atoms with E-state index < -0.39 is 27.0 Å². The molecule has 0 N–H and O–H groups in total. The van der Waals surface area contributed by atoms with Crippen molar-refractivity contribution >= 4 is 7.82 Å². The Morgan fingerprint density at radius 1 is 1.38 bits per heavy atom. The van der Waals surface area contributed by atoms with Gasteiger partial charge in [-0.3, -0.25) is 4.57 Å². The highest BCUT2D eigenvalue weighted by molar-refractivity contribution is 7.45. The standard InChI is InChI=1S/C5H10F3O4P/c1-2-11-13(9,10)12-4-3-5(6,7)8/h2-4H2,1H3,(H,9,10)/p-1. The van der Waals surface area contributed by atoms with Crippen molar-refractivity contribution in [3.05, 3.63) is 0 Å². The smallest absolute Gasteiger partial charge is 0.391 e. The molecule has 0 aliphatic heterocycles. The number of halogens is 3. The van der Waals surface area contributed by atoms with Gasteiger partial charge in [-0.05, 0) is 6.92 Å². The SMILES string of the molecule is CCOP(=O)([O-])OCCC(F)(F)F. The monoisotopic (exact) mass is 221 g/mol. The first-order valence-corrected chi connectivity index (χ1v) is 4.90. The molecule has 1 atom stereocenters. The molecule has 1 unspecified atom stereocenters. The maximum atomic E-state index is 11.5. The number of alkyl halides is 3. The summed E-state index contributed by atoms with van der Waals surface area (Å²) in [5, 5.41) is 0. The van der Waals surface area contributed by atoms with E-state index in [4.69, 9.17) is 0 Å². The molecule has 0 aromatic rings. The Morgan fingerprint density at radius 2 is 1.92 bits per heavy atom. The van der Waals surface area contributed by atoms with Gasteiger partial charge in [0, 0.05) is 0 Å². The molecule has 0 bridgehead atoms. The molecule has 0 aromatic carbocycles. The molecule has 0 amide bonds. The van der Waals surface area contributed by atoms with Crippen LogP contribution in [0.2, 0.25) is 0 Å². The highest BCUT2D eigenvalue weighted by atomic mass is 31.2. The Balaban J connectivity index is 3.70. The fourth-order valence-corrected chi connectivity index (χ4v) is 1.17. The molecule has 80 valence electrons. The molecule has 0 aliphatic carbocycles. The summed E-state index contributed by atoms with van der Waals surface area (Å²) in [4.78, 5) is 10.5. The molecular formula is C5H9F3O4P-. The van der Waals surface area contributed by atoms with E-state index in [0.717, 1.165) is 0 Å². The maximum Gasteiger partial charge on any atom is 0.391 e. The first kappa shape index (κ1) is 12.9. The highest BCUT2D eigenvalue weighted by Gasteiger charge is 2.27. The highest BCUT2D eigenvalue weighted by Crippen LogP contribution is 2.38. The Kier molecular flexibility index (Phi) is 4.91. The molecule has 4 nitrogen and oxygen atoms in total. The van der Waals surface area contributed by atoms with Crippen LogP contribution in [-0.4, -0.2) is 19.4 Å². The third-order valence-electron chi connectivity index (χ3n) is 0.922. The van der Waals surface area contributed by atoms with Crippen LogP contribution in [0, 0.1) is 0 Å². The molecule has 0 rings (SSSR count). The number of rotatable bonds is 5. The van der Waals surface area contributed by atoms with Gasteiger partial charge in [0.05, 0.1) is 19.6 Å². The second-order valence-electron chi connectivity index (χ2n) is 2.06. The first-order chi connectivity index (χ1) is 5.77. The summed E-state index contributed by atoms with van der Waals surface area (Å²) in [7, 11) is -4.53. The average Bonchev–Trinajstić information content (AvgIpc) is 1.82. The minimum atomic E-state index is -4.53. The van der Waals surface area contributed by atoms with Gasteiger partial charge in [0.15, 0.2) is 0 Å². The van der Waals surface area contributed by atoms with Gasteiger partial charge in [0.2, 0.25) is 0 Å². The second kappa shape index (κ2) is 4.95. The minimum absolute atomic E-state index is 0.160. The van der Waals surface area contributed by atoms with Crippen molar-refractivity contribution in [3.8, 4) is 0 Å². The summed E-state index contributed by atoms with van der Waals surface area (Å²) in [5.41, 5.74) is 0. The van der Waals surface area contributed by atoms with Crippen LogP contribution in [0.15, 0.2) is 0 Å². The van der Waals surface area contributed by atoms with E-state index in [0.29, 0.717) is 0 Å². The number of hydrogen-bond acceptors (Lipinski definition) is 4. The van der Waals surface area contributed by atoms with E-state index in [2.05, 4.69) is 9.05 Å². The normalized spacial score (nSPS) is 17.0. The lowest BCUT2D eigenvalue weighted by molar-refractivity contribution is -0.227. The van der Waals surface area contributed by atoms with E-state index in [1.54, 1.807) is 0 Å². The average molecular weight is 221 g/mol. The van der Waals surface area contributed by atoms with Crippen LogP contribution >= 0.6 is 7.82 Å². The van der Waals surface area contributed by atoms with Crippen LogP contribution in [-0.2, 0) is 13.6 Å². The molecule has 13 heavy (non-hydrogen) atoms. The topological polar surface area (TPSA) is 58.6 Å². The van der Waals surface area contributed by atoms with Gasteiger partial charge in [-0.2, -0.15) is 13.2 Å². The fourth-order valence-electron chi connectivity index (χ4n) is 0.469. The lowest BCUT2D eigenvalue weighted by atomic mass is 10.5. The van der Waals surface area contributed by atoms with E-state index in [1.807, 2.05) is 0 Å². The zero-order valence-electron chi connectivity index (χ0n) is 6.84. The maximum absolute atomic E-state index is 11.5. The molecule has 0 aromatic heterocycles. The lowest BCUT2D eigenvalue weighted by Crippen LogP contribution is -2.14. The molecular weight excluding hydrogens is 212 g/mol. The minimum Gasteiger partial charge on any atom is -0.756 e. The predicted octanol–water partition coefficient (Wildman–Crippen LogP) is 1.46. The van der Waals surface area contributed by atoms with Crippen molar-refractivity contribution in [2.24, 2.45) is 0 Å². The van der Waals surface area contributed by atoms with Gasteiger partial charge in [-0.1, -0.05) is 0 Å². The molecule has 0 spiro atoms. The van der Waals surface area contributed by atoms with Crippen LogP contribution in [0.1, 0.15) is 13.3 Å². The Morgan fingerprint density at radius 3 is 2.31 bits per heavy atom. The van der Waals surface area contributed by atoms with Crippen molar-refractivity contribution in [2.45, 2.75) is 19.5 Å². The van der Waals surface area contributed by atoms with E-state index in [1.165, 1.54) is 6.92 Å². The third-order valence-corrected chi connectivity index (χ3v) is 2.00. The Hall–Kier alpha value is -0.100. The summed E-state index contributed by atoms with van der Waals surface area (Å²) < 4.78 is 53.0. The van der Waals surface area contributed by atoms with Gasteiger partial charge in [-0.25, -0.2) is 0 Å². The summed E-state index contributed by atoms with van der Waals surface area (Å²) in [6.45, 7) is 0.286. The van der Waals surface area contributed by atoms with Crippen molar-refractivity contribution in [2.75, 3.05) is 13.2 Å². The predicted molar refractivity (Wildman–Crippen MR) is 35.9 cm³/mol. The lowest BCUT2D eigenvalue weighted by Gasteiger charge is -2.21. The molecule has 0 saturated heterocycles. The molecule has 0 saturated carbocycles. The van der Waals surface area contributed by atoms with Gasteiger partial charge in [-0.15, -0.1) is 0 Å². The first-order valence-electron chi connectivity index (χ1n) is 3.44. The van der Waals surface area contributed by atoms with Crippen LogP contribution in [0.25, 0.3) is 0 Å². The fraction of sp³-hybridized carbons (Fsp3) is 1.00. The third kappa shape index (κ3) is 8.24. The van der Waals surface area contributed by atoms with Gasteiger partial charge in [0.25, 0.3) is 7.82 Å².